The number of carbonyl (C=O) groups excluding carboxylic acids is 1. The van der Waals surface area contributed by atoms with Crippen LogP contribution in [-0.2, 0) is 4.79 Å². The predicted molar refractivity (Wildman–Crippen MR) is 85.4 cm³/mol. The Morgan fingerprint density at radius 1 is 1.24 bits per heavy atom. The summed E-state index contributed by atoms with van der Waals surface area (Å²) < 4.78 is 5.60. The smallest absolute Gasteiger partial charge is 0.231 e. The molecule has 4 heteroatoms. The van der Waals surface area contributed by atoms with E-state index in [2.05, 4.69) is 5.32 Å². The normalized spacial score (nSPS) is 17.5. The van der Waals surface area contributed by atoms with Crippen LogP contribution in [0.15, 0.2) is 24.3 Å². The summed E-state index contributed by atoms with van der Waals surface area (Å²) in [6.07, 6.45) is 5.31. The van der Waals surface area contributed by atoms with Gasteiger partial charge < -0.3 is 15.8 Å². The van der Waals surface area contributed by atoms with Crippen molar-refractivity contribution in [3.05, 3.63) is 24.3 Å². The van der Waals surface area contributed by atoms with Gasteiger partial charge in [-0.2, -0.15) is 0 Å². The summed E-state index contributed by atoms with van der Waals surface area (Å²) in [7, 11) is 0. The van der Waals surface area contributed by atoms with E-state index in [4.69, 9.17) is 10.5 Å². The largest absolute Gasteiger partial charge is 0.491 e. The van der Waals surface area contributed by atoms with E-state index in [0.717, 1.165) is 37.1 Å². The SMILES string of the molecule is CC(C)Oc1ccc(NC(=O)C2(CN)CCCCC2)cc1. The number of nitrogens with one attached hydrogen (secondary N) is 1. The van der Waals surface area contributed by atoms with Crippen molar-refractivity contribution in [1.82, 2.24) is 0 Å². The lowest BCUT2D eigenvalue weighted by Gasteiger charge is -2.34. The average Bonchev–Trinajstić information content (AvgIpc) is 2.49. The van der Waals surface area contributed by atoms with E-state index >= 15 is 0 Å². The Labute approximate surface area is 127 Å². The lowest BCUT2D eigenvalue weighted by atomic mass is 9.73. The summed E-state index contributed by atoms with van der Waals surface area (Å²) >= 11 is 0. The third-order valence-electron chi connectivity index (χ3n) is 4.17. The van der Waals surface area contributed by atoms with Crippen LogP contribution in [0.1, 0.15) is 46.0 Å². The number of hydrogen-bond donors (Lipinski definition) is 2. The topological polar surface area (TPSA) is 64.3 Å². The molecule has 0 aromatic heterocycles. The number of rotatable bonds is 5. The first-order valence-corrected chi connectivity index (χ1v) is 7.84. The molecule has 1 aliphatic carbocycles. The molecule has 1 fully saturated rings. The summed E-state index contributed by atoms with van der Waals surface area (Å²) in [5.41, 5.74) is 6.31. The van der Waals surface area contributed by atoms with Gasteiger partial charge >= 0.3 is 0 Å². The van der Waals surface area contributed by atoms with Crippen LogP contribution in [0, 0.1) is 5.41 Å². The Morgan fingerprint density at radius 3 is 2.38 bits per heavy atom. The Morgan fingerprint density at radius 2 is 1.86 bits per heavy atom. The van der Waals surface area contributed by atoms with Crippen LogP contribution in [0.25, 0.3) is 0 Å². The Bertz CT molecular complexity index is 462. The molecule has 2 rings (SSSR count). The Kier molecular flexibility index (Phi) is 5.23. The van der Waals surface area contributed by atoms with Crippen LogP contribution < -0.4 is 15.8 Å². The van der Waals surface area contributed by atoms with Gasteiger partial charge in [-0.05, 0) is 51.0 Å². The molecule has 0 aliphatic heterocycles. The molecule has 0 spiro atoms. The van der Waals surface area contributed by atoms with Gasteiger partial charge in [-0.1, -0.05) is 19.3 Å². The highest BCUT2D eigenvalue weighted by Gasteiger charge is 2.38. The van der Waals surface area contributed by atoms with E-state index < -0.39 is 0 Å². The zero-order valence-corrected chi connectivity index (χ0v) is 13.0. The van der Waals surface area contributed by atoms with Crippen LogP contribution in [0.3, 0.4) is 0 Å². The third-order valence-corrected chi connectivity index (χ3v) is 4.17. The summed E-state index contributed by atoms with van der Waals surface area (Å²) in [5, 5.41) is 3.01. The zero-order chi connectivity index (χ0) is 15.3. The average molecular weight is 290 g/mol. The van der Waals surface area contributed by atoms with E-state index in [9.17, 15) is 4.79 Å². The van der Waals surface area contributed by atoms with Crippen LogP contribution in [0.4, 0.5) is 5.69 Å². The quantitative estimate of drug-likeness (QED) is 0.874. The minimum absolute atomic E-state index is 0.0576. The molecule has 1 aromatic rings. The highest BCUT2D eigenvalue weighted by atomic mass is 16.5. The maximum atomic E-state index is 12.6. The molecule has 4 nitrogen and oxygen atoms in total. The van der Waals surface area contributed by atoms with Crippen molar-refractivity contribution in [2.45, 2.75) is 52.1 Å². The molecule has 0 unspecified atom stereocenters. The molecule has 0 bridgehead atoms. The monoisotopic (exact) mass is 290 g/mol. The fraction of sp³-hybridized carbons (Fsp3) is 0.588. The molecule has 116 valence electrons. The second kappa shape index (κ2) is 6.94. The van der Waals surface area contributed by atoms with Gasteiger partial charge in [0.25, 0.3) is 0 Å². The highest BCUT2D eigenvalue weighted by molar-refractivity contribution is 5.95. The van der Waals surface area contributed by atoms with E-state index in [0.29, 0.717) is 6.54 Å². The minimum Gasteiger partial charge on any atom is -0.491 e. The van der Waals surface area contributed by atoms with Crippen molar-refractivity contribution in [2.24, 2.45) is 11.1 Å². The lowest BCUT2D eigenvalue weighted by Crippen LogP contribution is -2.43. The molecule has 0 atom stereocenters. The molecular formula is C17H26N2O2. The fourth-order valence-corrected chi connectivity index (χ4v) is 2.91. The first-order valence-electron chi connectivity index (χ1n) is 7.84. The van der Waals surface area contributed by atoms with Crippen LogP contribution >= 0.6 is 0 Å². The summed E-state index contributed by atoms with van der Waals surface area (Å²) in [6.45, 7) is 4.40. The molecule has 1 aliphatic rings. The molecule has 0 radical (unpaired) electrons. The number of amides is 1. The number of benzene rings is 1. The van der Waals surface area contributed by atoms with Crippen LogP contribution in [0.5, 0.6) is 5.75 Å². The number of anilines is 1. The molecule has 21 heavy (non-hydrogen) atoms. The summed E-state index contributed by atoms with van der Waals surface area (Å²) in [5.74, 6) is 0.872. The Hall–Kier alpha value is -1.55. The van der Waals surface area contributed by atoms with Crippen molar-refractivity contribution in [3.8, 4) is 5.75 Å². The van der Waals surface area contributed by atoms with Crippen molar-refractivity contribution in [2.75, 3.05) is 11.9 Å². The molecule has 3 N–H and O–H groups in total. The van der Waals surface area contributed by atoms with Crippen LogP contribution in [0.2, 0.25) is 0 Å². The predicted octanol–water partition coefficient (Wildman–Crippen LogP) is 3.32. The Balaban J connectivity index is 2.01. The van der Waals surface area contributed by atoms with E-state index in [1.54, 1.807) is 0 Å². The third kappa shape index (κ3) is 3.97. The maximum absolute atomic E-state index is 12.6. The molecule has 0 saturated heterocycles. The second-order valence-electron chi connectivity index (χ2n) is 6.19. The standard InChI is InChI=1S/C17H26N2O2/c1-13(2)21-15-8-6-14(7-9-15)19-16(20)17(12-18)10-4-3-5-11-17/h6-9,13H,3-5,10-12,18H2,1-2H3,(H,19,20). The highest BCUT2D eigenvalue weighted by Crippen LogP contribution is 2.36. The zero-order valence-electron chi connectivity index (χ0n) is 13.0. The minimum atomic E-state index is -0.384. The molecule has 1 aromatic carbocycles. The van der Waals surface area contributed by atoms with Crippen molar-refractivity contribution < 1.29 is 9.53 Å². The van der Waals surface area contributed by atoms with Gasteiger partial charge in [0.05, 0.1) is 11.5 Å². The van der Waals surface area contributed by atoms with Gasteiger partial charge in [0.1, 0.15) is 5.75 Å². The number of nitrogens with two attached hydrogens (primary N) is 1. The molecule has 1 saturated carbocycles. The molecular weight excluding hydrogens is 264 g/mol. The van der Waals surface area contributed by atoms with Gasteiger partial charge in [0, 0.05) is 12.2 Å². The summed E-state index contributed by atoms with van der Waals surface area (Å²) in [6, 6.07) is 7.52. The molecule has 0 heterocycles. The number of carbonyl (C=O) groups is 1. The number of ether oxygens (including phenoxy) is 1. The van der Waals surface area contributed by atoms with Gasteiger partial charge in [0.2, 0.25) is 5.91 Å². The molecule has 1 amide bonds. The maximum Gasteiger partial charge on any atom is 0.231 e. The summed E-state index contributed by atoms with van der Waals surface area (Å²) in [4.78, 5) is 12.6. The van der Waals surface area contributed by atoms with E-state index in [-0.39, 0.29) is 17.4 Å². The fourth-order valence-electron chi connectivity index (χ4n) is 2.91. The van der Waals surface area contributed by atoms with Gasteiger partial charge in [-0.3, -0.25) is 4.79 Å². The van der Waals surface area contributed by atoms with Crippen molar-refractivity contribution >= 4 is 11.6 Å². The number of hydrogen-bond acceptors (Lipinski definition) is 3. The second-order valence-corrected chi connectivity index (χ2v) is 6.19. The van der Waals surface area contributed by atoms with E-state index in [1.807, 2.05) is 38.1 Å². The van der Waals surface area contributed by atoms with Crippen molar-refractivity contribution in [3.63, 3.8) is 0 Å². The van der Waals surface area contributed by atoms with Gasteiger partial charge in [-0.15, -0.1) is 0 Å². The first kappa shape index (κ1) is 15.8. The lowest BCUT2D eigenvalue weighted by molar-refractivity contribution is -0.126. The van der Waals surface area contributed by atoms with E-state index in [1.165, 1.54) is 6.42 Å². The van der Waals surface area contributed by atoms with Gasteiger partial charge in [0.15, 0.2) is 0 Å². The van der Waals surface area contributed by atoms with Crippen molar-refractivity contribution in [1.29, 1.82) is 0 Å². The van der Waals surface area contributed by atoms with Gasteiger partial charge in [-0.25, -0.2) is 0 Å². The first-order chi connectivity index (χ1) is 10.1. The van der Waals surface area contributed by atoms with Crippen LogP contribution in [-0.4, -0.2) is 18.6 Å².